The van der Waals surface area contributed by atoms with Crippen molar-refractivity contribution in [2.75, 3.05) is 0 Å². The van der Waals surface area contributed by atoms with Gasteiger partial charge >= 0.3 is 12.3 Å². The predicted octanol–water partition coefficient (Wildman–Crippen LogP) is 2.92. The van der Waals surface area contributed by atoms with E-state index in [0.717, 1.165) is 13.1 Å². The molecule has 0 saturated carbocycles. The Hall–Kier alpha value is -1.93. The normalized spacial score (nSPS) is 11.7. The van der Waals surface area contributed by atoms with Crippen LogP contribution < -0.4 is 4.74 Å². The Kier molecular flexibility index (Phi) is 3.73. The van der Waals surface area contributed by atoms with Crippen molar-refractivity contribution in [2.24, 2.45) is 0 Å². The van der Waals surface area contributed by atoms with Crippen molar-refractivity contribution in [3.05, 3.63) is 23.0 Å². The number of pyridine rings is 1. The highest BCUT2D eigenvalue weighted by Crippen LogP contribution is 2.35. The third kappa shape index (κ3) is 3.05. The van der Waals surface area contributed by atoms with Crippen LogP contribution in [0.2, 0.25) is 0 Å². The first-order chi connectivity index (χ1) is 8.13. The number of nitrogens with zero attached hydrogens (tertiary/aromatic N) is 1. The molecule has 4 nitrogen and oxygen atoms in total. The zero-order chi connectivity index (χ0) is 14.1. The molecule has 0 unspecified atom stereocenters. The number of rotatable bonds is 3. The smallest absolute Gasteiger partial charge is 0.478 e. The van der Waals surface area contributed by atoms with Crippen LogP contribution in [-0.4, -0.2) is 22.4 Å². The van der Waals surface area contributed by atoms with Crippen LogP contribution in [0.3, 0.4) is 0 Å². The number of hydrogen-bond donors (Lipinski definition) is 1. The van der Waals surface area contributed by atoms with Gasteiger partial charge < -0.3 is 9.84 Å². The average molecular weight is 271 g/mol. The van der Waals surface area contributed by atoms with Crippen molar-refractivity contribution in [1.82, 2.24) is 4.98 Å². The molecule has 0 saturated heterocycles. The van der Waals surface area contributed by atoms with Crippen molar-refractivity contribution in [1.29, 1.82) is 0 Å². The second-order valence-corrected chi connectivity index (χ2v) is 3.18. The number of carboxylic acids is 1. The third-order valence-electron chi connectivity index (χ3n) is 1.89. The molecular formula is C9H6F5NO3. The predicted molar refractivity (Wildman–Crippen MR) is 47.6 cm³/mol. The highest BCUT2D eigenvalue weighted by Gasteiger charge is 2.37. The average Bonchev–Trinajstić information content (AvgIpc) is 2.13. The van der Waals surface area contributed by atoms with Crippen LogP contribution >= 0.6 is 0 Å². The van der Waals surface area contributed by atoms with Gasteiger partial charge in [0.2, 0.25) is 0 Å². The number of carboxylic acid groups (broad SMARTS) is 1. The molecule has 1 N–H and O–H groups in total. The Bertz CT molecular complexity index is 472. The fourth-order valence-electron chi connectivity index (χ4n) is 1.24. The highest BCUT2D eigenvalue weighted by molar-refractivity contribution is 5.92. The lowest BCUT2D eigenvalue weighted by Crippen LogP contribution is -2.21. The van der Waals surface area contributed by atoms with Gasteiger partial charge in [0, 0.05) is 6.20 Å². The summed E-state index contributed by atoms with van der Waals surface area (Å²) < 4.78 is 64.5. The minimum atomic E-state index is -5.29. The van der Waals surface area contributed by atoms with E-state index >= 15 is 0 Å². The Morgan fingerprint density at radius 2 is 2.00 bits per heavy atom. The van der Waals surface area contributed by atoms with E-state index in [4.69, 9.17) is 5.11 Å². The molecule has 0 amide bonds. The van der Waals surface area contributed by atoms with Gasteiger partial charge in [-0.1, -0.05) is 0 Å². The van der Waals surface area contributed by atoms with E-state index in [1.807, 2.05) is 0 Å². The largest absolute Gasteiger partial charge is 0.573 e. The van der Waals surface area contributed by atoms with Crippen LogP contribution in [0, 0.1) is 6.92 Å². The summed E-state index contributed by atoms with van der Waals surface area (Å²) in [4.78, 5) is 13.8. The van der Waals surface area contributed by atoms with Gasteiger partial charge in [-0.2, -0.15) is 0 Å². The SMILES string of the molecule is Cc1cnc(C(F)F)c(OC(F)(F)F)c1C(=O)O. The molecule has 0 aliphatic rings. The molecule has 0 radical (unpaired) electrons. The number of aromatic nitrogens is 1. The fraction of sp³-hybridized carbons (Fsp3) is 0.333. The molecule has 0 aromatic carbocycles. The minimum Gasteiger partial charge on any atom is -0.478 e. The second kappa shape index (κ2) is 4.75. The van der Waals surface area contributed by atoms with E-state index < -0.39 is 35.8 Å². The maximum absolute atomic E-state index is 12.5. The number of aromatic carboxylic acids is 1. The molecule has 0 aliphatic carbocycles. The summed E-state index contributed by atoms with van der Waals surface area (Å²) in [6.45, 7) is 1.12. The summed E-state index contributed by atoms with van der Waals surface area (Å²) in [7, 11) is 0. The molecule has 100 valence electrons. The maximum Gasteiger partial charge on any atom is 0.573 e. The van der Waals surface area contributed by atoms with E-state index in [0.29, 0.717) is 0 Å². The number of halogens is 5. The van der Waals surface area contributed by atoms with Crippen LogP contribution in [-0.2, 0) is 0 Å². The number of aryl methyl sites for hydroxylation is 1. The van der Waals surface area contributed by atoms with Gasteiger partial charge in [-0.3, -0.25) is 4.98 Å². The van der Waals surface area contributed by atoms with Crippen LogP contribution in [0.1, 0.15) is 28.0 Å². The summed E-state index contributed by atoms with van der Waals surface area (Å²) in [5.41, 5.74) is -2.57. The Balaban J connectivity index is 3.48. The van der Waals surface area contributed by atoms with Crippen LogP contribution in [0.5, 0.6) is 5.75 Å². The molecule has 1 aromatic rings. The molecule has 0 bridgehead atoms. The summed E-state index contributed by atoms with van der Waals surface area (Å²) in [5, 5.41) is 8.73. The van der Waals surface area contributed by atoms with Crippen molar-refractivity contribution in [2.45, 2.75) is 19.7 Å². The lowest BCUT2D eigenvalue weighted by Gasteiger charge is -2.15. The van der Waals surface area contributed by atoms with Crippen LogP contribution in [0.4, 0.5) is 22.0 Å². The Morgan fingerprint density at radius 1 is 1.44 bits per heavy atom. The van der Waals surface area contributed by atoms with Gasteiger partial charge in [0.15, 0.2) is 5.75 Å². The summed E-state index contributed by atoms with van der Waals surface area (Å²) >= 11 is 0. The van der Waals surface area contributed by atoms with Gasteiger partial charge in [0.05, 0.1) is 0 Å². The first kappa shape index (κ1) is 14.1. The van der Waals surface area contributed by atoms with Crippen LogP contribution in [0.15, 0.2) is 6.20 Å². The zero-order valence-corrected chi connectivity index (χ0v) is 8.76. The van der Waals surface area contributed by atoms with Gasteiger partial charge in [0.25, 0.3) is 6.43 Å². The van der Waals surface area contributed by atoms with Gasteiger partial charge in [-0.05, 0) is 12.5 Å². The second-order valence-electron chi connectivity index (χ2n) is 3.18. The molecule has 1 rings (SSSR count). The first-order valence-electron chi connectivity index (χ1n) is 4.40. The quantitative estimate of drug-likeness (QED) is 0.859. The lowest BCUT2D eigenvalue weighted by atomic mass is 10.1. The number of alkyl halides is 5. The third-order valence-corrected chi connectivity index (χ3v) is 1.89. The fourth-order valence-corrected chi connectivity index (χ4v) is 1.24. The molecule has 0 spiro atoms. The number of carbonyl (C=O) groups is 1. The zero-order valence-electron chi connectivity index (χ0n) is 8.76. The monoisotopic (exact) mass is 271 g/mol. The molecular weight excluding hydrogens is 265 g/mol. The number of hydrogen-bond acceptors (Lipinski definition) is 3. The molecule has 0 atom stereocenters. The van der Waals surface area contributed by atoms with Crippen molar-refractivity contribution < 1.29 is 36.6 Å². The van der Waals surface area contributed by atoms with Gasteiger partial charge in [-0.25, -0.2) is 13.6 Å². The summed E-state index contributed by atoms with van der Waals surface area (Å²) in [6.07, 6.45) is -7.93. The molecule has 1 heterocycles. The summed E-state index contributed by atoms with van der Waals surface area (Å²) in [5.74, 6) is -3.29. The topological polar surface area (TPSA) is 59.4 Å². The van der Waals surface area contributed by atoms with Gasteiger partial charge in [-0.15, -0.1) is 13.2 Å². The standard InChI is InChI=1S/C9H6F5NO3/c1-3-2-15-5(7(10)11)6(4(3)8(16)17)18-9(12,13)14/h2,7H,1H3,(H,16,17). The van der Waals surface area contributed by atoms with Crippen molar-refractivity contribution in [3.63, 3.8) is 0 Å². The lowest BCUT2D eigenvalue weighted by molar-refractivity contribution is -0.275. The van der Waals surface area contributed by atoms with E-state index in [1.165, 1.54) is 0 Å². The van der Waals surface area contributed by atoms with E-state index in [9.17, 15) is 26.7 Å². The Morgan fingerprint density at radius 3 is 2.39 bits per heavy atom. The van der Waals surface area contributed by atoms with Crippen molar-refractivity contribution in [3.8, 4) is 5.75 Å². The molecule has 1 aromatic heterocycles. The molecule has 9 heteroatoms. The maximum atomic E-state index is 12.5. The van der Waals surface area contributed by atoms with Gasteiger partial charge in [0.1, 0.15) is 11.3 Å². The van der Waals surface area contributed by atoms with E-state index in [1.54, 1.807) is 0 Å². The minimum absolute atomic E-state index is 0.217. The molecule has 0 fully saturated rings. The molecule has 18 heavy (non-hydrogen) atoms. The Labute approximate surface area is 97.0 Å². The summed E-state index contributed by atoms with van der Waals surface area (Å²) in [6, 6.07) is 0. The highest BCUT2D eigenvalue weighted by atomic mass is 19.4. The first-order valence-corrected chi connectivity index (χ1v) is 4.40. The van der Waals surface area contributed by atoms with E-state index in [-0.39, 0.29) is 5.56 Å². The number of ether oxygens (including phenoxy) is 1. The van der Waals surface area contributed by atoms with E-state index in [2.05, 4.69) is 9.72 Å². The molecule has 0 aliphatic heterocycles. The van der Waals surface area contributed by atoms with Crippen LogP contribution in [0.25, 0.3) is 0 Å². The van der Waals surface area contributed by atoms with Crippen molar-refractivity contribution >= 4 is 5.97 Å².